The van der Waals surface area contributed by atoms with Crippen LogP contribution in [-0.4, -0.2) is 54.7 Å². The molecule has 6 rings (SSSR count). The first-order valence-electron chi connectivity index (χ1n) is 12.0. The Labute approximate surface area is 170 Å². The normalized spacial score (nSPS) is 42.8. The summed E-state index contributed by atoms with van der Waals surface area (Å²) < 4.78 is 6.66. The van der Waals surface area contributed by atoms with Crippen molar-refractivity contribution < 1.29 is 4.74 Å². The van der Waals surface area contributed by atoms with Crippen LogP contribution in [0.1, 0.15) is 44.1 Å². The lowest BCUT2D eigenvalue weighted by molar-refractivity contribution is -0.0459. The summed E-state index contributed by atoms with van der Waals surface area (Å²) in [6.45, 7) is 7.50. The summed E-state index contributed by atoms with van der Waals surface area (Å²) in [6, 6.07) is 11.8. The van der Waals surface area contributed by atoms with Crippen molar-refractivity contribution in [2.45, 2.75) is 57.2 Å². The average molecular weight is 381 g/mol. The second-order valence-electron chi connectivity index (χ2n) is 10.4. The Bertz CT molecular complexity index is 646. The molecule has 0 amide bonds. The molecule has 3 saturated carbocycles. The molecular formula is C25H36N2O. The third-order valence-corrected chi connectivity index (χ3v) is 8.82. The monoisotopic (exact) mass is 380 g/mol. The van der Waals surface area contributed by atoms with Gasteiger partial charge in [0.15, 0.2) is 0 Å². The molecule has 3 aliphatic carbocycles. The number of benzene rings is 1. The predicted molar refractivity (Wildman–Crippen MR) is 112 cm³/mol. The molecule has 3 heteroatoms. The second kappa shape index (κ2) is 7.41. The van der Waals surface area contributed by atoms with Crippen molar-refractivity contribution in [2.24, 2.45) is 29.6 Å². The molecule has 5 aliphatic rings. The zero-order valence-electron chi connectivity index (χ0n) is 17.2. The Morgan fingerprint density at radius 1 is 0.893 bits per heavy atom. The van der Waals surface area contributed by atoms with E-state index in [1.807, 2.05) is 0 Å². The summed E-state index contributed by atoms with van der Waals surface area (Å²) in [4.78, 5) is 5.46. The van der Waals surface area contributed by atoms with Crippen LogP contribution < -0.4 is 0 Å². The topological polar surface area (TPSA) is 15.7 Å². The number of hydrogen-bond acceptors (Lipinski definition) is 3. The fourth-order valence-corrected chi connectivity index (χ4v) is 7.29. The van der Waals surface area contributed by atoms with Gasteiger partial charge in [-0.3, -0.25) is 4.90 Å². The van der Waals surface area contributed by atoms with Crippen molar-refractivity contribution in [3.8, 4) is 0 Å². The van der Waals surface area contributed by atoms with E-state index in [-0.39, 0.29) is 0 Å². The molecule has 3 nitrogen and oxygen atoms in total. The molecule has 0 N–H and O–H groups in total. The highest BCUT2D eigenvalue weighted by Gasteiger charge is 2.56. The van der Waals surface area contributed by atoms with Crippen LogP contribution in [0.25, 0.3) is 0 Å². The summed E-state index contributed by atoms with van der Waals surface area (Å²) in [7, 11) is 0. The Hall–Kier alpha value is -0.900. The van der Waals surface area contributed by atoms with Gasteiger partial charge in [-0.1, -0.05) is 30.3 Å². The molecule has 2 saturated heterocycles. The molecule has 0 aromatic heterocycles. The molecule has 152 valence electrons. The van der Waals surface area contributed by atoms with E-state index in [9.17, 15) is 0 Å². The summed E-state index contributed by atoms with van der Waals surface area (Å²) >= 11 is 0. The number of likely N-dealkylation sites (tertiary alicyclic amines) is 2. The quantitative estimate of drug-likeness (QED) is 0.741. The first kappa shape index (κ1) is 17.9. The standard InChI is InChI=1S/C25H36N2O/c1-2-6-18(7-3-1)14-26-15-22-23(16-26)24(22)17-28-25-19-8-9-20(25)13-21(12-19)27-10-4-5-11-27/h1-3,6-7,19-25H,4-5,8-17H2. The largest absolute Gasteiger partial charge is 0.377 e. The van der Waals surface area contributed by atoms with Crippen LogP contribution in [0.2, 0.25) is 0 Å². The van der Waals surface area contributed by atoms with E-state index in [0.29, 0.717) is 6.10 Å². The lowest BCUT2D eigenvalue weighted by Gasteiger charge is -2.39. The summed E-state index contributed by atoms with van der Waals surface area (Å²) in [5.74, 6) is 4.42. The van der Waals surface area contributed by atoms with Gasteiger partial charge in [0.1, 0.15) is 0 Å². The Kier molecular flexibility index (Phi) is 4.74. The molecule has 1 aromatic rings. The van der Waals surface area contributed by atoms with Crippen LogP contribution in [0.3, 0.4) is 0 Å². The molecule has 0 radical (unpaired) electrons. The molecule has 4 unspecified atom stereocenters. The number of nitrogens with zero attached hydrogens (tertiary/aromatic N) is 2. The first-order valence-corrected chi connectivity index (χ1v) is 12.0. The molecule has 2 aliphatic heterocycles. The fraction of sp³-hybridized carbons (Fsp3) is 0.760. The average Bonchev–Trinajstić information content (AvgIpc) is 3.14. The van der Waals surface area contributed by atoms with E-state index in [1.54, 1.807) is 0 Å². The number of piperidine rings is 1. The maximum atomic E-state index is 6.66. The van der Waals surface area contributed by atoms with Crippen molar-refractivity contribution in [3.63, 3.8) is 0 Å². The van der Waals surface area contributed by atoms with Crippen LogP contribution in [0.15, 0.2) is 30.3 Å². The second-order valence-corrected chi connectivity index (χ2v) is 10.4. The van der Waals surface area contributed by atoms with Gasteiger partial charge in [0.2, 0.25) is 0 Å². The zero-order valence-corrected chi connectivity index (χ0v) is 17.2. The van der Waals surface area contributed by atoms with Gasteiger partial charge in [0.25, 0.3) is 0 Å². The fourth-order valence-electron chi connectivity index (χ4n) is 7.29. The van der Waals surface area contributed by atoms with Crippen LogP contribution in [-0.2, 0) is 11.3 Å². The number of rotatable bonds is 6. The molecule has 1 aromatic carbocycles. The molecule has 4 atom stereocenters. The van der Waals surface area contributed by atoms with E-state index in [1.165, 1.54) is 70.3 Å². The Morgan fingerprint density at radius 3 is 2.25 bits per heavy atom. The summed E-state index contributed by atoms with van der Waals surface area (Å²) in [6.07, 6.45) is 9.16. The van der Waals surface area contributed by atoms with Crippen molar-refractivity contribution in [1.82, 2.24) is 9.80 Å². The zero-order chi connectivity index (χ0) is 18.5. The van der Waals surface area contributed by atoms with Crippen LogP contribution in [0, 0.1) is 29.6 Å². The minimum atomic E-state index is 0.598. The maximum Gasteiger partial charge on any atom is 0.0632 e. The van der Waals surface area contributed by atoms with Gasteiger partial charge in [0, 0.05) is 25.7 Å². The van der Waals surface area contributed by atoms with Crippen LogP contribution >= 0.6 is 0 Å². The maximum absolute atomic E-state index is 6.66. The smallest absolute Gasteiger partial charge is 0.0632 e. The first-order chi connectivity index (χ1) is 13.8. The van der Waals surface area contributed by atoms with Gasteiger partial charge in [-0.05, 0) is 86.8 Å². The lowest BCUT2D eigenvalue weighted by atomic mass is 9.82. The number of fused-ring (bicyclic) bond motifs is 3. The van der Waals surface area contributed by atoms with E-state index >= 15 is 0 Å². The summed E-state index contributed by atoms with van der Waals surface area (Å²) in [5, 5.41) is 0. The van der Waals surface area contributed by atoms with Gasteiger partial charge >= 0.3 is 0 Å². The molecule has 5 fully saturated rings. The molecule has 2 bridgehead atoms. The molecule has 0 spiro atoms. The minimum Gasteiger partial charge on any atom is -0.377 e. The van der Waals surface area contributed by atoms with Gasteiger partial charge in [-0.2, -0.15) is 0 Å². The van der Waals surface area contributed by atoms with Crippen LogP contribution in [0.4, 0.5) is 0 Å². The molecular weight excluding hydrogens is 344 g/mol. The lowest BCUT2D eigenvalue weighted by Crippen LogP contribution is -2.43. The third-order valence-electron chi connectivity index (χ3n) is 8.82. The Balaban J connectivity index is 0.969. The van der Waals surface area contributed by atoms with Crippen LogP contribution in [0.5, 0.6) is 0 Å². The van der Waals surface area contributed by atoms with Crippen molar-refractivity contribution in [3.05, 3.63) is 35.9 Å². The predicted octanol–water partition coefficient (Wildman–Crippen LogP) is 4.03. The van der Waals surface area contributed by atoms with E-state index in [4.69, 9.17) is 4.74 Å². The minimum absolute atomic E-state index is 0.598. The van der Waals surface area contributed by atoms with Gasteiger partial charge < -0.3 is 9.64 Å². The summed E-state index contributed by atoms with van der Waals surface area (Å²) in [5.41, 5.74) is 1.46. The van der Waals surface area contributed by atoms with Crippen molar-refractivity contribution in [1.29, 1.82) is 0 Å². The van der Waals surface area contributed by atoms with Gasteiger partial charge in [-0.25, -0.2) is 0 Å². The van der Waals surface area contributed by atoms with E-state index in [2.05, 4.69) is 40.1 Å². The highest BCUT2D eigenvalue weighted by atomic mass is 16.5. The van der Waals surface area contributed by atoms with Gasteiger partial charge in [0.05, 0.1) is 12.7 Å². The Morgan fingerprint density at radius 2 is 1.57 bits per heavy atom. The van der Waals surface area contributed by atoms with Crippen molar-refractivity contribution in [2.75, 3.05) is 32.8 Å². The molecule has 2 heterocycles. The highest BCUT2D eigenvalue weighted by molar-refractivity contribution is 5.16. The highest BCUT2D eigenvalue weighted by Crippen LogP contribution is 2.53. The SMILES string of the molecule is c1ccc(CN2CC3C(COC4C5CCC4CC(N4CCCC4)C5)C3C2)cc1. The number of ether oxygens (including phenoxy) is 1. The molecule has 28 heavy (non-hydrogen) atoms. The number of hydrogen-bond donors (Lipinski definition) is 0. The van der Waals surface area contributed by atoms with Crippen molar-refractivity contribution >= 4 is 0 Å². The van der Waals surface area contributed by atoms with Gasteiger partial charge in [-0.15, -0.1) is 0 Å². The van der Waals surface area contributed by atoms with E-state index in [0.717, 1.165) is 48.8 Å². The van der Waals surface area contributed by atoms with E-state index < -0.39 is 0 Å². The third kappa shape index (κ3) is 3.34.